The summed E-state index contributed by atoms with van der Waals surface area (Å²) in [7, 11) is 3.42. The first-order valence-corrected chi connectivity index (χ1v) is 7.76. The van der Waals surface area contributed by atoms with Gasteiger partial charge in [-0.3, -0.25) is 0 Å². The van der Waals surface area contributed by atoms with Crippen LogP contribution in [0.2, 0.25) is 0 Å². The summed E-state index contributed by atoms with van der Waals surface area (Å²) < 4.78 is 11.0. The number of allylic oxidation sites excluding steroid dienone is 3. The lowest BCUT2D eigenvalue weighted by molar-refractivity contribution is 0.312. The maximum absolute atomic E-state index is 5.76. The van der Waals surface area contributed by atoms with Gasteiger partial charge in [0.15, 0.2) is 0 Å². The van der Waals surface area contributed by atoms with Crippen LogP contribution in [0.3, 0.4) is 0 Å². The van der Waals surface area contributed by atoms with Gasteiger partial charge in [0.25, 0.3) is 0 Å². The molecule has 0 saturated carbocycles. The topological polar surface area (TPSA) is 18.5 Å². The molecule has 0 bridgehead atoms. The van der Waals surface area contributed by atoms with Crippen LogP contribution >= 0.6 is 0 Å². The van der Waals surface area contributed by atoms with Crippen molar-refractivity contribution in [3.8, 4) is 5.75 Å². The summed E-state index contributed by atoms with van der Waals surface area (Å²) in [5.74, 6) is 1.78. The molecule has 117 valence electrons. The molecule has 23 heavy (non-hydrogen) atoms. The molecule has 1 radical (unpaired) electrons. The number of ether oxygens (including phenoxy) is 2. The lowest BCUT2D eigenvalue weighted by Crippen LogP contribution is -2.03. The van der Waals surface area contributed by atoms with Crippen molar-refractivity contribution in [2.45, 2.75) is 13.3 Å². The van der Waals surface area contributed by atoms with Crippen molar-refractivity contribution in [3.63, 3.8) is 0 Å². The van der Waals surface area contributed by atoms with Crippen LogP contribution in [0.15, 0.2) is 60.4 Å². The van der Waals surface area contributed by atoms with Gasteiger partial charge in [0.05, 0.1) is 14.2 Å². The Bertz CT molecular complexity index is 734. The van der Waals surface area contributed by atoms with E-state index in [1.54, 1.807) is 14.2 Å². The van der Waals surface area contributed by atoms with E-state index in [1.807, 2.05) is 12.1 Å². The van der Waals surface area contributed by atoms with E-state index in [9.17, 15) is 0 Å². The highest BCUT2D eigenvalue weighted by molar-refractivity contribution is 5.92. The van der Waals surface area contributed by atoms with Crippen LogP contribution in [-0.4, -0.2) is 14.2 Å². The van der Waals surface area contributed by atoms with Crippen molar-refractivity contribution in [1.82, 2.24) is 0 Å². The Morgan fingerprint density at radius 1 is 0.783 bits per heavy atom. The molecule has 1 aliphatic carbocycles. The minimum absolute atomic E-state index is 0.860. The van der Waals surface area contributed by atoms with Gasteiger partial charge in [0.1, 0.15) is 11.5 Å². The van der Waals surface area contributed by atoms with Crippen molar-refractivity contribution in [2.75, 3.05) is 14.2 Å². The zero-order valence-electron chi connectivity index (χ0n) is 13.8. The standard InChI is InChI=1S/C21H21O2/c1-15-7-9-16(10-8-15)19-5-4-6-20(21(19)23-3)17-11-13-18(22-2)14-12-17/h5-14H,4H2,1-3H3. The molecule has 0 aromatic heterocycles. The molecule has 0 atom stereocenters. The Morgan fingerprint density at radius 3 is 2.04 bits per heavy atom. The van der Waals surface area contributed by atoms with Gasteiger partial charge >= 0.3 is 0 Å². The van der Waals surface area contributed by atoms with Crippen molar-refractivity contribution >= 4 is 11.1 Å². The SMILES string of the molecule is COC1=C(c2ccc(OC)cc2)[CH]CC=C1c1ccc(C)cc1. The van der Waals surface area contributed by atoms with E-state index < -0.39 is 0 Å². The largest absolute Gasteiger partial charge is 0.497 e. The first-order valence-electron chi connectivity index (χ1n) is 7.76. The van der Waals surface area contributed by atoms with Crippen molar-refractivity contribution in [2.24, 2.45) is 0 Å². The zero-order chi connectivity index (χ0) is 16.2. The molecular weight excluding hydrogens is 284 g/mol. The summed E-state index contributed by atoms with van der Waals surface area (Å²) >= 11 is 0. The number of aryl methyl sites for hydroxylation is 1. The Kier molecular flexibility index (Phi) is 4.52. The van der Waals surface area contributed by atoms with Gasteiger partial charge in [0, 0.05) is 11.1 Å². The van der Waals surface area contributed by atoms with E-state index in [0.29, 0.717) is 0 Å². The Morgan fingerprint density at radius 2 is 1.43 bits per heavy atom. The summed E-state index contributed by atoms with van der Waals surface area (Å²) in [6, 6.07) is 16.7. The quantitative estimate of drug-likeness (QED) is 0.786. The molecule has 2 nitrogen and oxygen atoms in total. The maximum Gasteiger partial charge on any atom is 0.130 e. The Labute approximate surface area is 138 Å². The molecule has 0 spiro atoms. The van der Waals surface area contributed by atoms with Crippen molar-refractivity contribution in [3.05, 3.63) is 83.5 Å². The van der Waals surface area contributed by atoms with E-state index in [-0.39, 0.29) is 0 Å². The summed E-state index contributed by atoms with van der Waals surface area (Å²) in [4.78, 5) is 0. The molecular formula is C21H21O2. The molecule has 0 N–H and O–H groups in total. The average molecular weight is 305 g/mol. The van der Waals surface area contributed by atoms with Crippen LogP contribution < -0.4 is 4.74 Å². The summed E-state index contributed by atoms with van der Waals surface area (Å²) in [5, 5.41) is 0. The fourth-order valence-corrected chi connectivity index (χ4v) is 2.85. The van der Waals surface area contributed by atoms with Gasteiger partial charge in [-0.2, -0.15) is 0 Å². The van der Waals surface area contributed by atoms with E-state index in [1.165, 1.54) is 11.1 Å². The molecule has 0 heterocycles. The molecule has 2 aromatic carbocycles. The molecule has 1 aliphatic rings. The third-order valence-electron chi connectivity index (χ3n) is 4.10. The van der Waals surface area contributed by atoms with E-state index in [4.69, 9.17) is 9.47 Å². The highest BCUT2D eigenvalue weighted by Gasteiger charge is 2.19. The Balaban J connectivity index is 2.03. The lowest BCUT2D eigenvalue weighted by Gasteiger charge is -2.21. The van der Waals surface area contributed by atoms with E-state index in [0.717, 1.165) is 34.6 Å². The molecule has 0 amide bonds. The predicted octanol–water partition coefficient (Wildman–Crippen LogP) is 5.05. The molecule has 0 saturated heterocycles. The summed E-state index contributed by atoms with van der Waals surface area (Å²) in [6.45, 7) is 2.10. The number of benzene rings is 2. The fourth-order valence-electron chi connectivity index (χ4n) is 2.85. The first-order chi connectivity index (χ1) is 11.2. The van der Waals surface area contributed by atoms with Gasteiger partial charge in [0.2, 0.25) is 0 Å². The lowest BCUT2D eigenvalue weighted by atomic mass is 9.88. The number of hydrogen-bond donors (Lipinski definition) is 0. The third-order valence-corrected chi connectivity index (χ3v) is 4.10. The molecule has 2 aromatic rings. The maximum atomic E-state index is 5.76. The average Bonchev–Trinajstić information content (AvgIpc) is 2.62. The summed E-state index contributed by atoms with van der Waals surface area (Å²) in [6.07, 6.45) is 5.33. The van der Waals surface area contributed by atoms with Crippen LogP contribution in [0, 0.1) is 13.3 Å². The normalized spacial score (nSPS) is 14.5. The van der Waals surface area contributed by atoms with Gasteiger partial charge in [-0.05, 0) is 43.0 Å². The molecule has 3 rings (SSSR count). The first kappa shape index (κ1) is 15.4. The third kappa shape index (κ3) is 3.16. The molecule has 0 fully saturated rings. The number of methoxy groups -OCH3 is 2. The summed E-state index contributed by atoms with van der Waals surface area (Å²) in [5.41, 5.74) is 5.87. The second-order valence-electron chi connectivity index (χ2n) is 5.60. The second-order valence-corrected chi connectivity index (χ2v) is 5.60. The smallest absolute Gasteiger partial charge is 0.130 e. The Hall–Kier alpha value is -2.48. The van der Waals surface area contributed by atoms with Crippen molar-refractivity contribution < 1.29 is 9.47 Å². The fraction of sp³-hybridized carbons (Fsp3) is 0.190. The number of rotatable bonds is 4. The minimum Gasteiger partial charge on any atom is -0.497 e. The van der Waals surface area contributed by atoms with Gasteiger partial charge in [-0.25, -0.2) is 0 Å². The van der Waals surface area contributed by atoms with Crippen molar-refractivity contribution in [1.29, 1.82) is 0 Å². The van der Waals surface area contributed by atoms with E-state index >= 15 is 0 Å². The van der Waals surface area contributed by atoms with Crippen LogP contribution in [0.1, 0.15) is 23.1 Å². The molecule has 2 heteroatoms. The van der Waals surface area contributed by atoms with Gasteiger partial charge < -0.3 is 9.47 Å². The monoisotopic (exact) mass is 305 g/mol. The molecule has 0 unspecified atom stereocenters. The van der Waals surface area contributed by atoms with Crippen LogP contribution in [0.5, 0.6) is 5.75 Å². The van der Waals surface area contributed by atoms with Gasteiger partial charge in [-0.1, -0.05) is 48.0 Å². The van der Waals surface area contributed by atoms with Gasteiger partial charge in [-0.15, -0.1) is 0 Å². The van der Waals surface area contributed by atoms with Crippen LogP contribution in [-0.2, 0) is 4.74 Å². The van der Waals surface area contributed by atoms with Crippen LogP contribution in [0.4, 0.5) is 0 Å². The molecule has 0 aliphatic heterocycles. The predicted molar refractivity (Wildman–Crippen MR) is 95.0 cm³/mol. The van der Waals surface area contributed by atoms with E-state index in [2.05, 4.69) is 55.8 Å². The highest BCUT2D eigenvalue weighted by atomic mass is 16.5. The zero-order valence-corrected chi connectivity index (χ0v) is 13.8. The van der Waals surface area contributed by atoms with Crippen LogP contribution in [0.25, 0.3) is 11.1 Å². The second kappa shape index (κ2) is 6.74. The number of hydrogen-bond acceptors (Lipinski definition) is 2. The minimum atomic E-state index is 0.860. The highest BCUT2D eigenvalue weighted by Crippen LogP contribution is 2.37.